The Morgan fingerprint density at radius 3 is 2.45 bits per heavy atom. The van der Waals surface area contributed by atoms with Gasteiger partial charge in [0.2, 0.25) is 0 Å². The molecule has 0 amide bonds. The number of Topliss-reactive ketones (excluding diaryl/α,β-unsaturated/α-hetero) is 1. The van der Waals surface area contributed by atoms with E-state index in [9.17, 15) is 4.79 Å². The van der Waals surface area contributed by atoms with E-state index in [1.54, 1.807) is 7.11 Å². The monoisotopic (exact) mass is 544 g/mol. The summed E-state index contributed by atoms with van der Waals surface area (Å²) in [4.78, 5) is 13.8. The SMILES string of the molecule is COCO[C@H]1C(=O)[C@]2(/C=C/[C@]3(OCc4ccccc4)CO[C@@H]3CCO[Si](C)(C)C(C)(C)C)CC[C@H]1C2(C)C. The Hall–Kier alpha value is -1.35. The van der Waals surface area contributed by atoms with Gasteiger partial charge < -0.3 is 23.4 Å². The highest BCUT2D eigenvalue weighted by molar-refractivity contribution is 6.74. The van der Waals surface area contributed by atoms with E-state index in [0.717, 1.165) is 24.8 Å². The molecule has 0 aromatic heterocycles. The van der Waals surface area contributed by atoms with E-state index in [4.69, 9.17) is 23.4 Å². The molecule has 2 saturated carbocycles. The molecule has 1 aromatic rings. The average molecular weight is 545 g/mol. The Balaban J connectivity index is 1.55. The molecule has 5 atom stereocenters. The van der Waals surface area contributed by atoms with Gasteiger partial charge in [0.1, 0.15) is 18.5 Å². The van der Waals surface area contributed by atoms with Crippen molar-refractivity contribution in [1.29, 1.82) is 0 Å². The topological polar surface area (TPSA) is 63.2 Å². The summed E-state index contributed by atoms with van der Waals surface area (Å²) in [5.41, 5.74) is -0.253. The normalized spacial score (nSPS) is 32.7. The van der Waals surface area contributed by atoms with Gasteiger partial charge in [0.05, 0.1) is 24.7 Å². The van der Waals surface area contributed by atoms with Crippen molar-refractivity contribution in [3.05, 3.63) is 48.0 Å². The summed E-state index contributed by atoms with van der Waals surface area (Å²) < 4.78 is 30.3. The molecule has 3 aliphatic rings. The van der Waals surface area contributed by atoms with E-state index >= 15 is 0 Å². The number of fused-ring (bicyclic) bond motifs is 2. The number of methoxy groups -OCH3 is 1. The first-order chi connectivity index (χ1) is 17.8. The number of hydrogen-bond acceptors (Lipinski definition) is 6. The van der Waals surface area contributed by atoms with Crippen molar-refractivity contribution < 1.29 is 28.2 Å². The maximum atomic E-state index is 13.8. The summed E-state index contributed by atoms with van der Waals surface area (Å²) in [6.45, 7) is 17.5. The molecule has 0 radical (unpaired) electrons. The van der Waals surface area contributed by atoms with Gasteiger partial charge in [0.25, 0.3) is 0 Å². The van der Waals surface area contributed by atoms with Gasteiger partial charge in [-0.15, -0.1) is 0 Å². The van der Waals surface area contributed by atoms with Crippen LogP contribution in [-0.4, -0.2) is 59.0 Å². The van der Waals surface area contributed by atoms with Crippen LogP contribution in [0.1, 0.15) is 59.4 Å². The first-order valence-electron chi connectivity index (χ1n) is 14.1. The summed E-state index contributed by atoms with van der Waals surface area (Å²) in [5, 5.41) is 0.155. The number of benzene rings is 1. The third-order valence-corrected chi connectivity index (χ3v) is 14.6. The molecule has 38 heavy (non-hydrogen) atoms. The van der Waals surface area contributed by atoms with Crippen molar-refractivity contribution in [3.63, 3.8) is 0 Å². The molecule has 0 unspecified atom stereocenters. The molecule has 1 aliphatic heterocycles. The number of carbonyl (C=O) groups excluding carboxylic acids is 1. The average Bonchev–Trinajstić information content (AvgIpc) is 3.19. The molecule has 1 aromatic carbocycles. The lowest BCUT2D eigenvalue weighted by atomic mass is 9.68. The fourth-order valence-electron chi connectivity index (χ4n) is 6.26. The molecule has 6 nitrogen and oxygen atoms in total. The van der Waals surface area contributed by atoms with Gasteiger partial charge in [-0.05, 0) is 54.3 Å². The third kappa shape index (κ3) is 5.22. The summed E-state index contributed by atoms with van der Waals surface area (Å²) in [6.07, 6.45) is 6.31. The van der Waals surface area contributed by atoms with Gasteiger partial charge in [0.15, 0.2) is 14.1 Å². The Morgan fingerprint density at radius 2 is 1.84 bits per heavy atom. The molecule has 7 heteroatoms. The highest BCUT2D eigenvalue weighted by atomic mass is 28.4. The number of carbonyl (C=O) groups is 1. The van der Waals surface area contributed by atoms with Crippen LogP contribution in [-0.2, 0) is 34.8 Å². The fourth-order valence-corrected chi connectivity index (χ4v) is 7.32. The van der Waals surface area contributed by atoms with E-state index in [1.807, 2.05) is 18.2 Å². The molecule has 2 bridgehead atoms. The van der Waals surface area contributed by atoms with Gasteiger partial charge in [-0.1, -0.05) is 77.1 Å². The molecular weight excluding hydrogens is 496 g/mol. The first-order valence-corrected chi connectivity index (χ1v) is 17.0. The molecule has 4 rings (SSSR count). The predicted molar refractivity (Wildman–Crippen MR) is 151 cm³/mol. The summed E-state index contributed by atoms with van der Waals surface area (Å²) in [6, 6.07) is 10.2. The van der Waals surface area contributed by atoms with Crippen LogP contribution in [0.15, 0.2) is 42.5 Å². The molecule has 0 N–H and O–H groups in total. The number of hydrogen-bond donors (Lipinski definition) is 0. The van der Waals surface area contributed by atoms with E-state index in [0.29, 0.717) is 19.8 Å². The van der Waals surface area contributed by atoms with Crippen molar-refractivity contribution in [1.82, 2.24) is 0 Å². The van der Waals surface area contributed by atoms with E-state index in [1.165, 1.54) is 0 Å². The van der Waals surface area contributed by atoms with Crippen LogP contribution in [0.2, 0.25) is 18.1 Å². The lowest BCUT2D eigenvalue weighted by Gasteiger charge is -2.48. The van der Waals surface area contributed by atoms with Crippen LogP contribution in [0.5, 0.6) is 0 Å². The number of rotatable bonds is 12. The highest BCUT2D eigenvalue weighted by Gasteiger charge is 2.68. The van der Waals surface area contributed by atoms with Crippen LogP contribution in [0.4, 0.5) is 0 Å². The summed E-state index contributed by atoms with van der Waals surface area (Å²) in [7, 11) is -0.265. The Kier molecular flexibility index (Phi) is 8.50. The van der Waals surface area contributed by atoms with Gasteiger partial charge >= 0.3 is 0 Å². The van der Waals surface area contributed by atoms with Crippen LogP contribution in [0.3, 0.4) is 0 Å². The molecule has 212 valence electrons. The van der Waals surface area contributed by atoms with Crippen LogP contribution < -0.4 is 0 Å². The van der Waals surface area contributed by atoms with Gasteiger partial charge in [-0.25, -0.2) is 0 Å². The Labute approximate surface area is 230 Å². The number of allylic oxidation sites excluding steroid dienone is 1. The molecular formula is C31H48O6Si. The smallest absolute Gasteiger partial charge is 0.191 e. The maximum absolute atomic E-state index is 13.8. The van der Waals surface area contributed by atoms with E-state index < -0.39 is 25.4 Å². The zero-order valence-corrected chi connectivity index (χ0v) is 25.7. The third-order valence-electron chi connectivity index (χ3n) is 10.1. The molecule has 1 heterocycles. The predicted octanol–water partition coefficient (Wildman–Crippen LogP) is 6.30. The van der Waals surface area contributed by atoms with Crippen molar-refractivity contribution in [2.45, 2.75) is 96.4 Å². The van der Waals surface area contributed by atoms with Gasteiger partial charge in [0, 0.05) is 13.7 Å². The van der Waals surface area contributed by atoms with Crippen LogP contribution in [0.25, 0.3) is 0 Å². The number of ketones is 1. The van der Waals surface area contributed by atoms with E-state index in [-0.39, 0.29) is 35.1 Å². The first kappa shape index (κ1) is 29.6. The molecule has 1 saturated heterocycles. The van der Waals surface area contributed by atoms with Crippen LogP contribution in [0, 0.1) is 16.7 Å². The minimum absolute atomic E-state index is 0.124. The number of ether oxygens (including phenoxy) is 4. The minimum Gasteiger partial charge on any atom is -0.417 e. The zero-order chi connectivity index (χ0) is 27.8. The lowest BCUT2D eigenvalue weighted by Crippen LogP contribution is -2.59. The van der Waals surface area contributed by atoms with E-state index in [2.05, 4.69) is 72.0 Å². The highest BCUT2D eigenvalue weighted by Crippen LogP contribution is 2.65. The summed E-state index contributed by atoms with van der Waals surface area (Å²) >= 11 is 0. The largest absolute Gasteiger partial charge is 0.417 e. The fraction of sp³-hybridized carbons (Fsp3) is 0.710. The van der Waals surface area contributed by atoms with Crippen molar-refractivity contribution in [2.24, 2.45) is 16.7 Å². The Bertz CT molecular complexity index is 999. The van der Waals surface area contributed by atoms with Crippen LogP contribution >= 0.6 is 0 Å². The molecule has 3 fully saturated rings. The quantitative estimate of drug-likeness (QED) is 0.175. The second-order valence-electron chi connectivity index (χ2n) is 13.5. The summed E-state index contributed by atoms with van der Waals surface area (Å²) in [5.74, 6) is 0.353. The minimum atomic E-state index is -1.86. The maximum Gasteiger partial charge on any atom is 0.191 e. The lowest BCUT2D eigenvalue weighted by molar-refractivity contribution is -0.243. The molecule has 0 spiro atoms. The van der Waals surface area contributed by atoms with Gasteiger partial charge in [-0.3, -0.25) is 4.79 Å². The van der Waals surface area contributed by atoms with Gasteiger partial charge in [-0.2, -0.15) is 0 Å². The molecule has 2 aliphatic carbocycles. The Morgan fingerprint density at radius 1 is 1.13 bits per heavy atom. The zero-order valence-electron chi connectivity index (χ0n) is 24.7. The second kappa shape index (κ2) is 10.9. The van der Waals surface area contributed by atoms with Crippen molar-refractivity contribution >= 4 is 14.1 Å². The standard InChI is InChI=1S/C31H48O6Si/c1-28(2,3)38(7,8)37-19-15-25-31(21-34-25,36-20-23-12-10-9-11-13-23)18-17-30-16-14-24(29(30,4)5)26(27(30)32)35-22-33-6/h9-13,17-18,24-26H,14-16,19-22H2,1-8H3/b18-17+/t24-,25-,26-,30-,31+/m1/s1. The van der Waals surface area contributed by atoms with Crippen molar-refractivity contribution in [2.75, 3.05) is 27.1 Å². The van der Waals surface area contributed by atoms with Crippen molar-refractivity contribution in [3.8, 4) is 0 Å². The second-order valence-corrected chi connectivity index (χ2v) is 18.3.